The van der Waals surface area contributed by atoms with Crippen LogP contribution < -0.4 is 10.5 Å². The molecule has 1 fully saturated rings. The highest BCUT2D eigenvalue weighted by molar-refractivity contribution is 9.10. The number of benzene rings is 1. The molecule has 0 saturated carbocycles. The van der Waals surface area contributed by atoms with Gasteiger partial charge in [-0.15, -0.1) is 0 Å². The van der Waals surface area contributed by atoms with Crippen LogP contribution in [0.5, 0.6) is 5.75 Å². The van der Waals surface area contributed by atoms with E-state index < -0.39 is 0 Å². The molecule has 0 aromatic heterocycles. The van der Waals surface area contributed by atoms with Gasteiger partial charge in [-0.05, 0) is 38.5 Å². The van der Waals surface area contributed by atoms with Crippen LogP contribution >= 0.6 is 15.9 Å². The number of ether oxygens (including phenoxy) is 2. The van der Waals surface area contributed by atoms with Gasteiger partial charge < -0.3 is 15.2 Å². The summed E-state index contributed by atoms with van der Waals surface area (Å²) in [6, 6.07) is 6.04. The molecule has 1 aromatic carbocycles. The van der Waals surface area contributed by atoms with Gasteiger partial charge in [-0.3, -0.25) is 0 Å². The molecule has 106 valence electrons. The van der Waals surface area contributed by atoms with Gasteiger partial charge in [0.25, 0.3) is 0 Å². The molecule has 1 aromatic rings. The fourth-order valence-corrected chi connectivity index (χ4v) is 3.30. The summed E-state index contributed by atoms with van der Waals surface area (Å²) in [5.74, 6) is 0.891. The zero-order valence-corrected chi connectivity index (χ0v) is 13.3. The third-order valence-electron chi connectivity index (χ3n) is 3.42. The summed E-state index contributed by atoms with van der Waals surface area (Å²) in [6.07, 6.45) is 2.64. The van der Waals surface area contributed by atoms with E-state index in [4.69, 9.17) is 15.2 Å². The molecule has 2 N–H and O–H groups in total. The van der Waals surface area contributed by atoms with E-state index in [9.17, 15) is 0 Å². The lowest BCUT2D eigenvalue weighted by Crippen LogP contribution is -2.35. The van der Waals surface area contributed by atoms with Crippen molar-refractivity contribution in [3.63, 3.8) is 0 Å². The predicted molar refractivity (Wildman–Crippen MR) is 80.4 cm³/mol. The second-order valence-corrected chi connectivity index (χ2v) is 6.29. The maximum absolute atomic E-state index is 6.06. The van der Waals surface area contributed by atoms with E-state index in [2.05, 4.69) is 29.8 Å². The fourth-order valence-electron chi connectivity index (χ4n) is 2.58. The average molecular weight is 328 g/mol. The minimum Gasteiger partial charge on any atom is -0.490 e. The summed E-state index contributed by atoms with van der Waals surface area (Å²) >= 11 is 3.55. The van der Waals surface area contributed by atoms with Crippen LogP contribution in [0.1, 0.15) is 45.2 Å². The number of nitrogens with two attached hydrogens (primary N) is 1. The third kappa shape index (κ3) is 3.94. The molecule has 0 amide bonds. The van der Waals surface area contributed by atoms with Crippen molar-refractivity contribution in [2.75, 3.05) is 0 Å². The largest absolute Gasteiger partial charge is 0.490 e. The molecular formula is C15H22BrNO2. The van der Waals surface area contributed by atoms with Crippen LogP contribution in [0.15, 0.2) is 22.7 Å². The number of rotatable bonds is 3. The van der Waals surface area contributed by atoms with Gasteiger partial charge in [0.05, 0.1) is 12.2 Å². The topological polar surface area (TPSA) is 44.5 Å². The van der Waals surface area contributed by atoms with Crippen molar-refractivity contribution < 1.29 is 9.47 Å². The monoisotopic (exact) mass is 327 g/mol. The van der Waals surface area contributed by atoms with Gasteiger partial charge in [0.1, 0.15) is 11.9 Å². The Morgan fingerprint density at radius 3 is 2.47 bits per heavy atom. The summed E-state index contributed by atoms with van der Waals surface area (Å²) < 4.78 is 12.8. The van der Waals surface area contributed by atoms with Gasteiger partial charge in [0, 0.05) is 23.4 Å². The normalized spacial score (nSPS) is 29.0. The number of hydrogen-bond acceptors (Lipinski definition) is 3. The molecular weight excluding hydrogens is 306 g/mol. The average Bonchev–Trinajstić information content (AvgIpc) is 2.26. The second kappa shape index (κ2) is 6.25. The molecule has 3 nitrogen and oxygen atoms in total. The zero-order chi connectivity index (χ0) is 14.0. The van der Waals surface area contributed by atoms with Crippen LogP contribution in [-0.4, -0.2) is 18.3 Å². The molecule has 1 aliphatic rings. The smallest absolute Gasteiger partial charge is 0.120 e. The lowest BCUT2D eigenvalue weighted by Gasteiger charge is -2.32. The molecule has 2 unspecified atom stereocenters. The lowest BCUT2D eigenvalue weighted by atomic mass is 10.0. The zero-order valence-electron chi connectivity index (χ0n) is 11.7. The van der Waals surface area contributed by atoms with Crippen LogP contribution in [0.25, 0.3) is 0 Å². The molecule has 2 rings (SSSR count). The summed E-state index contributed by atoms with van der Waals surface area (Å²) in [5.41, 5.74) is 7.00. The van der Waals surface area contributed by atoms with E-state index in [0.717, 1.165) is 28.6 Å². The Hall–Kier alpha value is -0.580. The summed E-state index contributed by atoms with van der Waals surface area (Å²) in [7, 11) is 0. The molecule has 0 radical (unpaired) electrons. The Balaban J connectivity index is 2.05. The van der Waals surface area contributed by atoms with Crippen molar-refractivity contribution in [3.8, 4) is 5.75 Å². The first-order valence-electron chi connectivity index (χ1n) is 6.83. The Morgan fingerprint density at radius 1 is 1.32 bits per heavy atom. The van der Waals surface area contributed by atoms with Gasteiger partial charge in [0.2, 0.25) is 0 Å². The third-order valence-corrected chi connectivity index (χ3v) is 4.11. The second-order valence-electron chi connectivity index (χ2n) is 5.44. The fraction of sp³-hybridized carbons (Fsp3) is 0.600. The van der Waals surface area contributed by atoms with Crippen LogP contribution in [0.4, 0.5) is 0 Å². The van der Waals surface area contributed by atoms with E-state index in [1.54, 1.807) is 0 Å². The van der Waals surface area contributed by atoms with Crippen molar-refractivity contribution in [2.45, 2.75) is 58.0 Å². The Morgan fingerprint density at radius 2 is 1.95 bits per heavy atom. The van der Waals surface area contributed by atoms with Gasteiger partial charge in [-0.2, -0.15) is 0 Å². The maximum atomic E-state index is 6.06. The van der Waals surface area contributed by atoms with E-state index in [1.807, 2.05) is 25.1 Å². The molecule has 0 spiro atoms. The Kier molecular flexibility index (Phi) is 4.87. The van der Waals surface area contributed by atoms with Gasteiger partial charge in [-0.1, -0.05) is 22.0 Å². The van der Waals surface area contributed by atoms with Crippen molar-refractivity contribution >= 4 is 15.9 Å². The predicted octanol–water partition coefficient (Wildman–Crippen LogP) is 3.80. The van der Waals surface area contributed by atoms with E-state index in [-0.39, 0.29) is 24.4 Å². The van der Waals surface area contributed by atoms with Gasteiger partial charge in [0.15, 0.2) is 0 Å². The Labute approximate surface area is 123 Å². The Bertz CT molecular complexity index is 426. The highest BCUT2D eigenvalue weighted by Gasteiger charge is 2.25. The van der Waals surface area contributed by atoms with Crippen LogP contribution in [0.3, 0.4) is 0 Å². The molecule has 0 aliphatic carbocycles. The van der Waals surface area contributed by atoms with E-state index >= 15 is 0 Å². The molecule has 1 aliphatic heterocycles. The summed E-state index contributed by atoms with van der Waals surface area (Å²) in [6.45, 7) is 6.17. The van der Waals surface area contributed by atoms with Crippen LogP contribution in [-0.2, 0) is 4.74 Å². The van der Waals surface area contributed by atoms with Gasteiger partial charge in [-0.25, -0.2) is 0 Å². The quantitative estimate of drug-likeness (QED) is 0.918. The van der Waals surface area contributed by atoms with Crippen molar-refractivity contribution in [1.82, 2.24) is 0 Å². The molecule has 1 heterocycles. The van der Waals surface area contributed by atoms with E-state index in [1.165, 1.54) is 0 Å². The first kappa shape index (κ1) is 14.8. The van der Waals surface area contributed by atoms with E-state index in [0.29, 0.717) is 0 Å². The first-order chi connectivity index (χ1) is 8.95. The first-order valence-corrected chi connectivity index (χ1v) is 7.62. The maximum Gasteiger partial charge on any atom is 0.120 e. The minimum absolute atomic E-state index is 0.0200. The molecule has 1 saturated heterocycles. The SMILES string of the molecule is CC1CC(Oc2ccc([C@H](C)N)c(Br)c2)CC(C)O1. The molecule has 19 heavy (non-hydrogen) atoms. The standard InChI is InChI=1S/C15H22BrNO2/c1-9-6-13(7-10(2)18-9)19-12-4-5-14(11(3)17)15(16)8-12/h4-5,8-11,13H,6-7,17H2,1-3H3/t9?,10?,11-,13?/m0/s1. The molecule has 0 bridgehead atoms. The van der Waals surface area contributed by atoms with Crippen molar-refractivity contribution in [3.05, 3.63) is 28.2 Å². The van der Waals surface area contributed by atoms with Crippen LogP contribution in [0, 0.1) is 0 Å². The number of hydrogen-bond donors (Lipinski definition) is 1. The highest BCUT2D eigenvalue weighted by Crippen LogP contribution is 2.29. The molecule has 3 atom stereocenters. The summed E-state index contributed by atoms with van der Waals surface area (Å²) in [5, 5.41) is 0. The highest BCUT2D eigenvalue weighted by atomic mass is 79.9. The summed E-state index contributed by atoms with van der Waals surface area (Å²) in [4.78, 5) is 0. The van der Waals surface area contributed by atoms with Crippen molar-refractivity contribution in [1.29, 1.82) is 0 Å². The molecule has 4 heteroatoms. The number of halogens is 1. The van der Waals surface area contributed by atoms with Crippen molar-refractivity contribution in [2.24, 2.45) is 5.73 Å². The lowest BCUT2D eigenvalue weighted by molar-refractivity contribution is -0.0721. The van der Waals surface area contributed by atoms with Crippen LogP contribution in [0.2, 0.25) is 0 Å². The van der Waals surface area contributed by atoms with Gasteiger partial charge >= 0.3 is 0 Å². The minimum atomic E-state index is 0.0200.